The second kappa shape index (κ2) is 9.40. The Morgan fingerprint density at radius 1 is 1.09 bits per heavy atom. The number of ketones is 1. The minimum Gasteiger partial charge on any atom is -0.478 e. The summed E-state index contributed by atoms with van der Waals surface area (Å²) in [6.45, 7) is 6.02. The Bertz CT molecular complexity index is 1140. The summed E-state index contributed by atoms with van der Waals surface area (Å²) < 4.78 is 0. The van der Waals surface area contributed by atoms with Gasteiger partial charge in [-0.25, -0.2) is 4.79 Å². The third kappa shape index (κ3) is 4.27. The zero-order valence-electron chi connectivity index (χ0n) is 18.8. The third-order valence-electron chi connectivity index (χ3n) is 6.54. The summed E-state index contributed by atoms with van der Waals surface area (Å²) in [5, 5.41) is 9.57. The molecule has 0 saturated carbocycles. The van der Waals surface area contributed by atoms with Crippen molar-refractivity contribution in [3.05, 3.63) is 69.9 Å². The van der Waals surface area contributed by atoms with E-state index in [0.717, 1.165) is 24.3 Å². The van der Waals surface area contributed by atoms with Gasteiger partial charge in [0.25, 0.3) is 0 Å². The van der Waals surface area contributed by atoms with Gasteiger partial charge in [-0.3, -0.25) is 14.5 Å². The molecular weight excluding hydrogens is 440 g/mol. The van der Waals surface area contributed by atoms with E-state index in [0.29, 0.717) is 36.2 Å². The van der Waals surface area contributed by atoms with Gasteiger partial charge in [0.05, 0.1) is 10.6 Å². The van der Waals surface area contributed by atoms with E-state index < -0.39 is 5.97 Å². The molecule has 1 aliphatic heterocycles. The molecule has 1 amide bonds. The molecule has 0 saturated heterocycles. The Morgan fingerprint density at radius 3 is 2.42 bits per heavy atom. The average Bonchev–Trinajstić information content (AvgIpc) is 2.80. The number of Topliss-reactive ketones (excluding diaryl/α,β-unsaturated/α-hetero) is 1. The maximum absolute atomic E-state index is 13.4. The van der Waals surface area contributed by atoms with Crippen molar-refractivity contribution in [1.82, 2.24) is 0 Å². The van der Waals surface area contributed by atoms with Crippen LogP contribution in [0, 0.1) is 0 Å². The van der Waals surface area contributed by atoms with Crippen LogP contribution >= 0.6 is 11.6 Å². The predicted octanol–water partition coefficient (Wildman–Crippen LogP) is 5.41. The van der Waals surface area contributed by atoms with Gasteiger partial charge in [0.1, 0.15) is 0 Å². The van der Waals surface area contributed by atoms with E-state index in [1.54, 1.807) is 6.07 Å². The highest BCUT2D eigenvalue weighted by Crippen LogP contribution is 2.44. The molecule has 1 N–H and O–H groups in total. The summed E-state index contributed by atoms with van der Waals surface area (Å²) in [5.41, 5.74) is 3.77. The van der Waals surface area contributed by atoms with Crippen molar-refractivity contribution in [2.45, 2.75) is 45.4 Å². The van der Waals surface area contributed by atoms with Crippen LogP contribution in [0.15, 0.2) is 53.7 Å². The summed E-state index contributed by atoms with van der Waals surface area (Å²) in [6.07, 6.45) is 1.86. The van der Waals surface area contributed by atoms with Crippen molar-refractivity contribution in [2.75, 3.05) is 22.9 Å². The van der Waals surface area contributed by atoms with Gasteiger partial charge in [-0.05, 0) is 62.6 Å². The van der Waals surface area contributed by atoms with Crippen molar-refractivity contribution in [2.24, 2.45) is 0 Å². The van der Waals surface area contributed by atoms with Gasteiger partial charge in [0, 0.05) is 54.5 Å². The number of hydrogen-bond donors (Lipinski definition) is 1. The molecular formula is C26H27ClN2O4. The number of hydrogen-bond acceptors (Lipinski definition) is 4. The molecule has 1 atom stereocenters. The van der Waals surface area contributed by atoms with Gasteiger partial charge in [0.15, 0.2) is 5.78 Å². The number of anilines is 2. The quantitative estimate of drug-likeness (QED) is 0.615. The first kappa shape index (κ1) is 23.1. The Kier molecular flexibility index (Phi) is 6.56. The number of amides is 1. The molecule has 172 valence electrons. The van der Waals surface area contributed by atoms with E-state index in [4.69, 9.17) is 11.6 Å². The second-order valence-corrected chi connectivity index (χ2v) is 8.76. The summed E-state index contributed by atoms with van der Waals surface area (Å²) in [7, 11) is 0. The molecule has 6 nitrogen and oxygen atoms in total. The number of carboxylic acids is 1. The van der Waals surface area contributed by atoms with E-state index >= 15 is 0 Å². The minimum atomic E-state index is -1.16. The zero-order valence-corrected chi connectivity index (χ0v) is 19.6. The predicted molar refractivity (Wildman–Crippen MR) is 129 cm³/mol. The lowest BCUT2D eigenvalue weighted by atomic mass is 9.77. The first-order valence-corrected chi connectivity index (χ1v) is 11.7. The number of nitrogens with zero attached hydrogens (tertiary/aromatic N) is 2. The Hall–Kier alpha value is -3.12. The first-order valence-electron chi connectivity index (χ1n) is 11.3. The molecule has 0 bridgehead atoms. The average molecular weight is 467 g/mol. The summed E-state index contributed by atoms with van der Waals surface area (Å²) in [5.74, 6) is -1.56. The van der Waals surface area contributed by atoms with E-state index in [1.807, 2.05) is 24.3 Å². The lowest BCUT2D eigenvalue weighted by Crippen LogP contribution is -2.40. The third-order valence-corrected chi connectivity index (χ3v) is 6.87. The zero-order chi connectivity index (χ0) is 23.7. The van der Waals surface area contributed by atoms with Gasteiger partial charge < -0.3 is 10.0 Å². The number of benzene rings is 2. The molecule has 7 heteroatoms. The maximum atomic E-state index is 13.4. The first-order chi connectivity index (χ1) is 15.8. The second-order valence-electron chi connectivity index (χ2n) is 8.36. The Balaban J connectivity index is 1.78. The number of carboxylic acid groups (broad SMARTS) is 1. The molecule has 4 rings (SSSR count). The standard InChI is InChI=1S/C26H27ClN2O4/c1-3-28(4-2)17-10-8-16(9-11-17)19-15-24(31)29(22-6-5-7-23(30)25(19)22)18-12-13-21(27)20(14-18)26(32)33/h8-14,19H,3-7,15H2,1-2H3,(H,32,33). The largest absolute Gasteiger partial charge is 0.478 e. The van der Waals surface area contributed by atoms with E-state index in [-0.39, 0.29) is 34.6 Å². The molecule has 2 aromatic carbocycles. The van der Waals surface area contributed by atoms with Crippen LogP contribution in [0.5, 0.6) is 0 Å². The summed E-state index contributed by atoms with van der Waals surface area (Å²) in [6, 6.07) is 12.6. The van der Waals surface area contributed by atoms with E-state index in [1.165, 1.54) is 17.0 Å². The van der Waals surface area contributed by atoms with Gasteiger partial charge in [-0.2, -0.15) is 0 Å². The highest BCUT2D eigenvalue weighted by molar-refractivity contribution is 6.33. The molecule has 1 aliphatic carbocycles. The normalized spacial score (nSPS) is 18.4. The fraction of sp³-hybridized carbons (Fsp3) is 0.346. The molecule has 2 aliphatic rings. The van der Waals surface area contributed by atoms with Crippen LogP contribution in [-0.4, -0.2) is 35.9 Å². The van der Waals surface area contributed by atoms with Crippen molar-refractivity contribution < 1.29 is 19.5 Å². The number of rotatable bonds is 6. The van der Waals surface area contributed by atoms with Crippen LogP contribution in [0.4, 0.5) is 11.4 Å². The van der Waals surface area contributed by atoms with Gasteiger partial charge in [0.2, 0.25) is 5.91 Å². The van der Waals surface area contributed by atoms with E-state index in [2.05, 4.69) is 18.7 Å². The number of allylic oxidation sites excluding steroid dienone is 2. The van der Waals surface area contributed by atoms with Gasteiger partial charge in [-0.1, -0.05) is 23.7 Å². The summed E-state index contributed by atoms with van der Waals surface area (Å²) >= 11 is 6.03. The molecule has 0 aromatic heterocycles. The molecule has 2 aromatic rings. The fourth-order valence-electron chi connectivity index (χ4n) is 4.90. The number of halogens is 1. The van der Waals surface area contributed by atoms with Gasteiger partial charge >= 0.3 is 5.97 Å². The van der Waals surface area contributed by atoms with Crippen LogP contribution in [0.25, 0.3) is 0 Å². The monoisotopic (exact) mass is 466 g/mol. The van der Waals surface area contributed by atoms with Crippen molar-refractivity contribution in [3.8, 4) is 0 Å². The summed E-state index contributed by atoms with van der Waals surface area (Å²) in [4.78, 5) is 41.8. The van der Waals surface area contributed by atoms with Crippen LogP contribution in [0.3, 0.4) is 0 Å². The van der Waals surface area contributed by atoms with Crippen molar-refractivity contribution in [3.63, 3.8) is 0 Å². The van der Waals surface area contributed by atoms with Crippen LogP contribution < -0.4 is 9.80 Å². The number of carbonyl (C=O) groups is 3. The van der Waals surface area contributed by atoms with Crippen molar-refractivity contribution in [1.29, 1.82) is 0 Å². The Labute approximate surface area is 198 Å². The highest BCUT2D eigenvalue weighted by atomic mass is 35.5. The molecule has 1 unspecified atom stereocenters. The van der Waals surface area contributed by atoms with Crippen LogP contribution in [-0.2, 0) is 9.59 Å². The van der Waals surface area contributed by atoms with Crippen LogP contribution in [0.2, 0.25) is 5.02 Å². The maximum Gasteiger partial charge on any atom is 0.337 e. The highest BCUT2D eigenvalue weighted by Gasteiger charge is 2.40. The van der Waals surface area contributed by atoms with Crippen LogP contribution in [0.1, 0.15) is 61.4 Å². The molecule has 0 fully saturated rings. The smallest absolute Gasteiger partial charge is 0.337 e. The van der Waals surface area contributed by atoms with Crippen molar-refractivity contribution >= 4 is 40.6 Å². The lowest BCUT2D eigenvalue weighted by molar-refractivity contribution is -0.119. The molecule has 1 heterocycles. The lowest BCUT2D eigenvalue weighted by Gasteiger charge is -2.38. The number of carbonyl (C=O) groups excluding carboxylic acids is 2. The molecule has 33 heavy (non-hydrogen) atoms. The fourth-order valence-corrected chi connectivity index (χ4v) is 5.10. The molecule has 0 spiro atoms. The van der Waals surface area contributed by atoms with E-state index in [9.17, 15) is 19.5 Å². The Morgan fingerprint density at radius 2 is 1.79 bits per heavy atom. The minimum absolute atomic E-state index is 0.0546. The van der Waals surface area contributed by atoms with Gasteiger partial charge in [-0.15, -0.1) is 0 Å². The topological polar surface area (TPSA) is 77.9 Å². The number of aromatic carboxylic acids is 1. The SMILES string of the molecule is CCN(CC)c1ccc(C2CC(=O)N(c3ccc(Cl)c(C(=O)O)c3)C3=C2C(=O)CCC3)cc1. The molecule has 0 radical (unpaired) electrons.